The van der Waals surface area contributed by atoms with E-state index in [-0.39, 0.29) is 19.1 Å². The van der Waals surface area contributed by atoms with E-state index in [2.05, 4.69) is 11.9 Å². The molecule has 0 saturated carbocycles. The van der Waals surface area contributed by atoms with Gasteiger partial charge in [-0.3, -0.25) is 4.79 Å². The maximum atomic E-state index is 11.5. The van der Waals surface area contributed by atoms with Crippen molar-refractivity contribution in [1.29, 1.82) is 0 Å². The van der Waals surface area contributed by atoms with Crippen LogP contribution in [-0.4, -0.2) is 31.2 Å². The first kappa shape index (κ1) is 16.4. The lowest BCUT2D eigenvalue weighted by atomic mass is 10.4. The van der Waals surface area contributed by atoms with Crippen LogP contribution in [0.1, 0.15) is 16.7 Å². The van der Waals surface area contributed by atoms with Gasteiger partial charge in [0.25, 0.3) is 5.91 Å². The maximum Gasteiger partial charge on any atom is 0.335 e. The van der Waals surface area contributed by atoms with Crippen LogP contribution in [0, 0.1) is 6.92 Å². The van der Waals surface area contributed by atoms with E-state index in [0.29, 0.717) is 6.54 Å². The third-order valence-electron chi connectivity index (χ3n) is 2.40. The zero-order chi connectivity index (χ0) is 15.0. The predicted molar refractivity (Wildman–Crippen MR) is 77.5 cm³/mol. The summed E-state index contributed by atoms with van der Waals surface area (Å²) < 4.78 is 9.94. The summed E-state index contributed by atoms with van der Waals surface area (Å²) in [7, 11) is 0. The van der Waals surface area contributed by atoms with Gasteiger partial charge < -0.3 is 14.8 Å². The normalized spacial score (nSPS) is 11.7. The van der Waals surface area contributed by atoms with Gasteiger partial charge in [0, 0.05) is 9.75 Å². The van der Waals surface area contributed by atoms with Crippen molar-refractivity contribution < 1.29 is 19.1 Å². The number of hydrogen-bond acceptors (Lipinski definition) is 5. The second kappa shape index (κ2) is 8.50. The van der Waals surface area contributed by atoms with Crippen LogP contribution in [0.3, 0.4) is 0 Å². The highest BCUT2D eigenvalue weighted by molar-refractivity contribution is 7.11. The number of nitrogens with one attached hydrogen (secondary N) is 1. The number of esters is 1. The molecule has 110 valence electrons. The second-order valence-corrected chi connectivity index (χ2v) is 5.53. The molecule has 5 nitrogen and oxygen atoms in total. The van der Waals surface area contributed by atoms with Crippen molar-refractivity contribution in [3.05, 3.63) is 34.5 Å². The van der Waals surface area contributed by atoms with Crippen LogP contribution >= 0.6 is 11.3 Å². The molecule has 0 aliphatic carbocycles. The minimum absolute atomic E-state index is 0.264. The van der Waals surface area contributed by atoms with Crippen LogP contribution in [0.4, 0.5) is 0 Å². The molecule has 1 atom stereocenters. The predicted octanol–water partition coefficient (Wildman–Crippen LogP) is 1.81. The lowest BCUT2D eigenvalue weighted by Crippen LogP contribution is -2.31. The lowest BCUT2D eigenvalue weighted by Gasteiger charge is -2.11. The van der Waals surface area contributed by atoms with Gasteiger partial charge in [-0.25, -0.2) is 4.79 Å². The molecular weight excluding hydrogens is 278 g/mol. The first-order valence-corrected chi connectivity index (χ1v) is 7.05. The molecule has 1 rings (SSSR count). The van der Waals surface area contributed by atoms with Gasteiger partial charge in [0.05, 0.1) is 13.2 Å². The summed E-state index contributed by atoms with van der Waals surface area (Å²) in [4.78, 5) is 25.2. The SMILES string of the molecule is C=CCOC(C)C(=O)OCC(=O)NCc1ccc(C)s1. The highest BCUT2D eigenvalue weighted by Gasteiger charge is 2.15. The molecule has 1 N–H and O–H groups in total. The topological polar surface area (TPSA) is 64.6 Å². The van der Waals surface area contributed by atoms with Crippen molar-refractivity contribution >= 4 is 23.2 Å². The highest BCUT2D eigenvalue weighted by Crippen LogP contribution is 2.14. The minimum atomic E-state index is -0.708. The molecule has 6 heteroatoms. The third kappa shape index (κ3) is 5.99. The molecule has 0 spiro atoms. The summed E-state index contributed by atoms with van der Waals surface area (Å²) in [6, 6.07) is 3.95. The summed E-state index contributed by atoms with van der Waals surface area (Å²) in [5.74, 6) is -0.894. The minimum Gasteiger partial charge on any atom is -0.454 e. The monoisotopic (exact) mass is 297 g/mol. The molecule has 0 aliphatic heterocycles. The average molecular weight is 297 g/mol. The van der Waals surface area contributed by atoms with Gasteiger partial charge in [-0.05, 0) is 26.0 Å². The smallest absolute Gasteiger partial charge is 0.335 e. The largest absolute Gasteiger partial charge is 0.454 e. The first-order valence-electron chi connectivity index (χ1n) is 6.24. The molecule has 0 fully saturated rings. The fourth-order valence-electron chi connectivity index (χ4n) is 1.35. The van der Waals surface area contributed by atoms with Crippen LogP contribution < -0.4 is 5.32 Å². The van der Waals surface area contributed by atoms with Crippen LogP contribution in [0.15, 0.2) is 24.8 Å². The molecule has 0 aromatic carbocycles. The molecule has 20 heavy (non-hydrogen) atoms. The molecule has 1 aromatic heterocycles. The molecule has 0 aliphatic rings. The van der Waals surface area contributed by atoms with Crippen molar-refractivity contribution in [2.24, 2.45) is 0 Å². The summed E-state index contributed by atoms with van der Waals surface area (Å²) in [5, 5.41) is 2.69. The average Bonchev–Trinajstić information content (AvgIpc) is 2.85. The molecule has 1 aromatic rings. The Bertz CT molecular complexity index is 469. The number of thiophene rings is 1. The Hall–Kier alpha value is -1.66. The van der Waals surface area contributed by atoms with Gasteiger partial charge in [0.15, 0.2) is 12.7 Å². The molecule has 1 amide bonds. The van der Waals surface area contributed by atoms with Gasteiger partial charge in [0.1, 0.15) is 0 Å². The van der Waals surface area contributed by atoms with E-state index in [9.17, 15) is 9.59 Å². The summed E-state index contributed by atoms with van der Waals surface area (Å²) in [6.45, 7) is 7.46. The van der Waals surface area contributed by atoms with E-state index in [0.717, 1.165) is 4.88 Å². The fourth-order valence-corrected chi connectivity index (χ4v) is 2.18. The maximum absolute atomic E-state index is 11.5. The van der Waals surface area contributed by atoms with Crippen molar-refractivity contribution in [1.82, 2.24) is 5.32 Å². The molecule has 0 radical (unpaired) electrons. The Morgan fingerprint density at radius 3 is 2.85 bits per heavy atom. The van der Waals surface area contributed by atoms with E-state index in [1.807, 2.05) is 19.1 Å². The zero-order valence-electron chi connectivity index (χ0n) is 11.7. The van der Waals surface area contributed by atoms with Crippen molar-refractivity contribution in [3.8, 4) is 0 Å². The second-order valence-electron chi connectivity index (χ2n) is 4.16. The third-order valence-corrected chi connectivity index (χ3v) is 3.40. The molecule has 0 saturated heterocycles. The number of rotatable bonds is 8. The van der Waals surface area contributed by atoms with E-state index >= 15 is 0 Å². The van der Waals surface area contributed by atoms with Gasteiger partial charge in [-0.1, -0.05) is 6.08 Å². The van der Waals surface area contributed by atoms with Gasteiger partial charge in [-0.15, -0.1) is 17.9 Å². The Kier molecular flexibility index (Phi) is 6.97. The lowest BCUT2D eigenvalue weighted by molar-refractivity contribution is -0.158. The zero-order valence-corrected chi connectivity index (χ0v) is 12.5. The van der Waals surface area contributed by atoms with Crippen molar-refractivity contribution in [2.75, 3.05) is 13.2 Å². The van der Waals surface area contributed by atoms with Crippen LogP contribution in [0.5, 0.6) is 0 Å². The molecular formula is C14H19NO4S. The van der Waals surface area contributed by atoms with Gasteiger partial charge in [-0.2, -0.15) is 0 Å². The van der Waals surface area contributed by atoms with Crippen molar-refractivity contribution in [3.63, 3.8) is 0 Å². The molecule has 1 unspecified atom stereocenters. The quantitative estimate of drug-likeness (QED) is 0.587. The first-order chi connectivity index (χ1) is 9.52. The number of ether oxygens (including phenoxy) is 2. The summed E-state index contributed by atoms with van der Waals surface area (Å²) in [6.07, 6.45) is 0.834. The Morgan fingerprint density at radius 1 is 1.50 bits per heavy atom. The van der Waals surface area contributed by atoms with Crippen LogP contribution in [-0.2, 0) is 25.6 Å². The summed E-state index contributed by atoms with van der Waals surface area (Å²) in [5.41, 5.74) is 0. The highest BCUT2D eigenvalue weighted by atomic mass is 32.1. The Labute approximate surface area is 122 Å². The van der Waals surface area contributed by atoms with E-state index in [4.69, 9.17) is 9.47 Å². The summed E-state index contributed by atoms with van der Waals surface area (Å²) >= 11 is 1.62. The van der Waals surface area contributed by atoms with Crippen LogP contribution in [0.2, 0.25) is 0 Å². The standard InChI is InChI=1S/C14H19NO4S/c1-4-7-18-11(3)14(17)19-9-13(16)15-8-12-6-5-10(2)20-12/h4-6,11H,1,7-9H2,2-3H3,(H,15,16). The van der Waals surface area contributed by atoms with E-state index < -0.39 is 12.1 Å². The van der Waals surface area contributed by atoms with E-state index in [1.165, 1.54) is 4.88 Å². The number of hydrogen-bond donors (Lipinski definition) is 1. The molecule has 1 heterocycles. The van der Waals surface area contributed by atoms with Gasteiger partial charge >= 0.3 is 5.97 Å². The van der Waals surface area contributed by atoms with Crippen molar-refractivity contribution in [2.45, 2.75) is 26.5 Å². The van der Waals surface area contributed by atoms with Crippen LogP contribution in [0.25, 0.3) is 0 Å². The number of carbonyl (C=O) groups is 2. The number of amides is 1. The van der Waals surface area contributed by atoms with Gasteiger partial charge in [0.2, 0.25) is 0 Å². The fraction of sp³-hybridized carbons (Fsp3) is 0.429. The van der Waals surface area contributed by atoms with E-state index in [1.54, 1.807) is 24.3 Å². The Morgan fingerprint density at radius 2 is 2.25 bits per heavy atom. The number of carbonyl (C=O) groups excluding carboxylic acids is 2. The molecule has 0 bridgehead atoms. The number of aryl methyl sites for hydroxylation is 1. The Balaban J connectivity index is 2.22.